The SMILES string of the molecule is CS(=O)(=O)c1nccc(-c2c[nH]c3ccccc23)n1. The summed E-state index contributed by atoms with van der Waals surface area (Å²) in [5.41, 5.74) is 2.44. The molecule has 0 spiro atoms. The minimum absolute atomic E-state index is 0.157. The highest BCUT2D eigenvalue weighted by molar-refractivity contribution is 7.90. The number of sulfone groups is 1. The van der Waals surface area contributed by atoms with E-state index in [4.69, 9.17) is 0 Å². The maximum Gasteiger partial charge on any atom is 0.247 e. The van der Waals surface area contributed by atoms with Crippen molar-refractivity contribution in [3.63, 3.8) is 0 Å². The zero-order valence-electron chi connectivity index (χ0n) is 10.2. The van der Waals surface area contributed by atoms with Crippen LogP contribution >= 0.6 is 0 Å². The van der Waals surface area contributed by atoms with E-state index >= 15 is 0 Å². The minimum Gasteiger partial charge on any atom is -0.360 e. The molecule has 3 aromatic rings. The first-order valence-corrected chi connectivity index (χ1v) is 7.54. The van der Waals surface area contributed by atoms with Crippen LogP contribution in [0.15, 0.2) is 47.9 Å². The first-order chi connectivity index (χ1) is 9.05. The molecule has 0 aliphatic heterocycles. The quantitative estimate of drug-likeness (QED) is 0.725. The van der Waals surface area contributed by atoms with Crippen LogP contribution in [0.25, 0.3) is 22.2 Å². The molecule has 6 heteroatoms. The largest absolute Gasteiger partial charge is 0.360 e. The standard InChI is InChI=1S/C13H11N3O2S/c1-19(17,18)13-14-7-6-12(16-13)10-8-15-11-5-3-2-4-9(10)11/h2-8,15H,1H3. The maximum absolute atomic E-state index is 11.5. The molecule has 0 aliphatic rings. The van der Waals surface area contributed by atoms with E-state index in [0.717, 1.165) is 22.7 Å². The van der Waals surface area contributed by atoms with Crippen molar-refractivity contribution in [2.24, 2.45) is 0 Å². The van der Waals surface area contributed by atoms with Gasteiger partial charge in [0.2, 0.25) is 15.0 Å². The van der Waals surface area contributed by atoms with Crippen molar-refractivity contribution in [3.05, 3.63) is 42.7 Å². The highest BCUT2D eigenvalue weighted by atomic mass is 32.2. The fourth-order valence-electron chi connectivity index (χ4n) is 1.95. The molecule has 2 aromatic heterocycles. The molecule has 1 aromatic carbocycles. The molecule has 0 fully saturated rings. The lowest BCUT2D eigenvalue weighted by Crippen LogP contribution is -2.04. The van der Waals surface area contributed by atoms with Gasteiger partial charge in [-0.15, -0.1) is 0 Å². The molecule has 0 saturated heterocycles. The lowest BCUT2D eigenvalue weighted by atomic mass is 10.1. The molecule has 5 nitrogen and oxygen atoms in total. The molecule has 2 heterocycles. The van der Waals surface area contributed by atoms with Gasteiger partial charge in [-0.25, -0.2) is 18.4 Å². The number of fused-ring (bicyclic) bond motifs is 1. The Morgan fingerprint density at radius 2 is 1.95 bits per heavy atom. The summed E-state index contributed by atoms with van der Waals surface area (Å²) >= 11 is 0. The van der Waals surface area contributed by atoms with Crippen LogP contribution in [0.5, 0.6) is 0 Å². The molecule has 96 valence electrons. The molecule has 1 N–H and O–H groups in total. The summed E-state index contributed by atoms with van der Waals surface area (Å²) in [6.07, 6.45) is 4.38. The Balaban J connectivity index is 2.22. The van der Waals surface area contributed by atoms with Gasteiger partial charge in [-0.3, -0.25) is 0 Å². The monoisotopic (exact) mass is 273 g/mol. The Labute approximate surface area is 110 Å². The fourth-order valence-corrected chi connectivity index (χ4v) is 2.47. The van der Waals surface area contributed by atoms with Crippen molar-refractivity contribution in [1.29, 1.82) is 0 Å². The molecule has 0 radical (unpaired) electrons. The Morgan fingerprint density at radius 3 is 2.74 bits per heavy atom. The van der Waals surface area contributed by atoms with E-state index < -0.39 is 9.84 Å². The average molecular weight is 273 g/mol. The van der Waals surface area contributed by atoms with Gasteiger partial charge in [0.15, 0.2) is 0 Å². The van der Waals surface area contributed by atoms with Crippen molar-refractivity contribution in [3.8, 4) is 11.3 Å². The van der Waals surface area contributed by atoms with Gasteiger partial charge in [0.1, 0.15) is 0 Å². The summed E-state index contributed by atoms with van der Waals surface area (Å²) in [6, 6.07) is 9.48. The van der Waals surface area contributed by atoms with E-state index in [0.29, 0.717) is 5.69 Å². The number of benzene rings is 1. The third-order valence-electron chi connectivity index (χ3n) is 2.83. The van der Waals surface area contributed by atoms with E-state index in [1.54, 1.807) is 6.07 Å². The average Bonchev–Trinajstić information content (AvgIpc) is 2.82. The van der Waals surface area contributed by atoms with E-state index in [1.165, 1.54) is 6.20 Å². The zero-order valence-corrected chi connectivity index (χ0v) is 11.0. The van der Waals surface area contributed by atoms with Gasteiger partial charge in [-0.2, -0.15) is 0 Å². The zero-order chi connectivity index (χ0) is 13.5. The van der Waals surface area contributed by atoms with Crippen molar-refractivity contribution >= 4 is 20.7 Å². The van der Waals surface area contributed by atoms with Gasteiger partial charge < -0.3 is 4.98 Å². The van der Waals surface area contributed by atoms with Gasteiger partial charge in [-0.1, -0.05) is 18.2 Å². The highest BCUT2D eigenvalue weighted by Crippen LogP contribution is 2.27. The molecular formula is C13H11N3O2S. The van der Waals surface area contributed by atoms with Gasteiger partial charge in [0.05, 0.1) is 5.69 Å². The van der Waals surface area contributed by atoms with Crippen LogP contribution in [0.1, 0.15) is 0 Å². The maximum atomic E-state index is 11.5. The first-order valence-electron chi connectivity index (χ1n) is 5.65. The summed E-state index contributed by atoms with van der Waals surface area (Å²) < 4.78 is 23.0. The Morgan fingerprint density at radius 1 is 1.16 bits per heavy atom. The number of para-hydroxylation sites is 1. The van der Waals surface area contributed by atoms with Crippen LogP contribution in [0.3, 0.4) is 0 Å². The van der Waals surface area contributed by atoms with Gasteiger partial charge in [0, 0.05) is 35.1 Å². The van der Waals surface area contributed by atoms with Crippen LogP contribution in [0, 0.1) is 0 Å². The number of rotatable bonds is 2. The molecule has 0 aliphatic carbocycles. The third kappa shape index (κ3) is 2.10. The van der Waals surface area contributed by atoms with Crippen LogP contribution in [-0.4, -0.2) is 29.6 Å². The number of H-pyrrole nitrogens is 1. The van der Waals surface area contributed by atoms with Crippen LogP contribution in [0.4, 0.5) is 0 Å². The molecule has 0 bridgehead atoms. The van der Waals surface area contributed by atoms with Crippen LogP contribution < -0.4 is 0 Å². The smallest absolute Gasteiger partial charge is 0.247 e. The Bertz CT molecular complexity index is 853. The summed E-state index contributed by atoms with van der Waals surface area (Å²) in [6.45, 7) is 0. The Kier molecular flexibility index (Phi) is 2.60. The number of hydrogen-bond donors (Lipinski definition) is 1. The summed E-state index contributed by atoms with van der Waals surface area (Å²) in [7, 11) is -3.40. The highest BCUT2D eigenvalue weighted by Gasteiger charge is 2.13. The lowest BCUT2D eigenvalue weighted by molar-refractivity contribution is 0.593. The van der Waals surface area contributed by atoms with Gasteiger partial charge >= 0.3 is 0 Å². The minimum atomic E-state index is -3.40. The van der Waals surface area contributed by atoms with E-state index in [-0.39, 0.29) is 5.16 Å². The number of nitrogens with one attached hydrogen (secondary N) is 1. The second kappa shape index (κ2) is 4.17. The summed E-state index contributed by atoms with van der Waals surface area (Å²) in [5.74, 6) is 0. The number of hydrogen-bond acceptors (Lipinski definition) is 4. The summed E-state index contributed by atoms with van der Waals surface area (Å²) in [5, 5.41) is 0.843. The van der Waals surface area contributed by atoms with Gasteiger partial charge in [0.25, 0.3) is 0 Å². The third-order valence-corrected chi connectivity index (χ3v) is 3.69. The van der Waals surface area contributed by atoms with E-state index in [1.807, 2.05) is 30.5 Å². The number of aromatic amines is 1. The molecule has 0 amide bonds. The van der Waals surface area contributed by atoms with E-state index in [9.17, 15) is 8.42 Å². The predicted molar refractivity (Wildman–Crippen MR) is 72.4 cm³/mol. The normalized spacial score (nSPS) is 11.8. The second-order valence-corrected chi connectivity index (χ2v) is 6.15. The molecule has 19 heavy (non-hydrogen) atoms. The molecular weight excluding hydrogens is 262 g/mol. The molecule has 0 atom stereocenters. The topological polar surface area (TPSA) is 75.7 Å². The predicted octanol–water partition coefficient (Wildman–Crippen LogP) is 2.03. The van der Waals surface area contributed by atoms with E-state index in [2.05, 4.69) is 15.0 Å². The second-order valence-electron chi connectivity index (χ2n) is 4.24. The fraction of sp³-hybridized carbons (Fsp3) is 0.0769. The van der Waals surface area contributed by atoms with Crippen LogP contribution in [0.2, 0.25) is 0 Å². The first kappa shape index (κ1) is 11.9. The number of nitrogens with zero attached hydrogens (tertiary/aromatic N) is 2. The molecule has 3 rings (SSSR count). The van der Waals surface area contributed by atoms with Crippen molar-refractivity contribution in [2.45, 2.75) is 5.16 Å². The van der Waals surface area contributed by atoms with Crippen molar-refractivity contribution < 1.29 is 8.42 Å². The molecule has 0 unspecified atom stereocenters. The summed E-state index contributed by atoms with van der Waals surface area (Å²) in [4.78, 5) is 11.0. The lowest BCUT2D eigenvalue weighted by Gasteiger charge is -2.01. The Hall–Kier alpha value is -2.21. The van der Waals surface area contributed by atoms with Crippen molar-refractivity contribution in [1.82, 2.24) is 15.0 Å². The molecule has 0 saturated carbocycles. The van der Waals surface area contributed by atoms with Gasteiger partial charge in [-0.05, 0) is 12.1 Å². The van der Waals surface area contributed by atoms with Crippen molar-refractivity contribution in [2.75, 3.05) is 6.26 Å². The number of aromatic nitrogens is 3. The van der Waals surface area contributed by atoms with Crippen LogP contribution in [-0.2, 0) is 9.84 Å².